The maximum Gasteiger partial charge on any atom is 0.335 e. The lowest BCUT2D eigenvalue weighted by Gasteiger charge is -2.11. The first kappa shape index (κ1) is 16.2. The molecule has 1 amide bonds. The highest BCUT2D eigenvalue weighted by Gasteiger charge is 2.22. The normalized spacial score (nSPS) is 11.4. The predicted octanol–water partition coefficient (Wildman–Crippen LogP) is 0.992. The quantitative estimate of drug-likeness (QED) is 0.844. The van der Waals surface area contributed by atoms with Gasteiger partial charge in [-0.1, -0.05) is 6.07 Å². The molecule has 0 spiro atoms. The third kappa shape index (κ3) is 4.06. The van der Waals surface area contributed by atoms with Crippen molar-refractivity contribution in [1.82, 2.24) is 5.32 Å². The molecule has 20 heavy (non-hydrogen) atoms. The zero-order chi connectivity index (χ0) is 15.5. The van der Waals surface area contributed by atoms with Crippen molar-refractivity contribution < 1.29 is 23.1 Å². The fourth-order valence-corrected chi connectivity index (χ4v) is 3.13. The number of amides is 1. The Kier molecular flexibility index (Phi) is 4.88. The molecule has 0 fully saturated rings. The van der Waals surface area contributed by atoms with Gasteiger partial charge in [-0.2, -0.15) is 0 Å². The van der Waals surface area contributed by atoms with Gasteiger partial charge in [0, 0.05) is 6.04 Å². The summed E-state index contributed by atoms with van der Waals surface area (Å²) >= 11 is 0. The molecule has 6 nitrogen and oxygen atoms in total. The highest BCUT2D eigenvalue weighted by molar-refractivity contribution is 7.92. The van der Waals surface area contributed by atoms with Crippen LogP contribution >= 0.6 is 0 Å². The summed E-state index contributed by atoms with van der Waals surface area (Å²) in [6.07, 6.45) is 0. The van der Waals surface area contributed by atoms with Crippen molar-refractivity contribution in [2.75, 3.05) is 5.75 Å². The van der Waals surface area contributed by atoms with Crippen molar-refractivity contribution in [2.24, 2.45) is 0 Å². The molecular weight excluding hydrogens is 282 g/mol. The van der Waals surface area contributed by atoms with Crippen molar-refractivity contribution in [3.8, 4) is 0 Å². The van der Waals surface area contributed by atoms with Crippen LogP contribution in [0.4, 0.5) is 0 Å². The molecular formula is C13H17NO5S. The summed E-state index contributed by atoms with van der Waals surface area (Å²) in [7, 11) is -3.87. The van der Waals surface area contributed by atoms with Crippen LogP contribution in [-0.2, 0) is 14.6 Å². The lowest BCUT2D eigenvalue weighted by Crippen LogP contribution is -2.35. The molecule has 1 rings (SSSR count). The minimum atomic E-state index is -3.87. The number of sulfone groups is 1. The summed E-state index contributed by atoms with van der Waals surface area (Å²) in [6, 6.07) is 3.65. The van der Waals surface area contributed by atoms with Gasteiger partial charge in [0.15, 0.2) is 9.84 Å². The third-order valence-electron chi connectivity index (χ3n) is 2.54. The fraction of sp³-hybridized carbons (Fsp3) is 0.385. The van der Waals surface area contributed by atoms with Crippen LogP contribution in [0.1, 0.15) is 29.8 Å². The molecule has 0 aliphatic rings. The van der Waals surface area contributed by atoms with Gasteiger partial charge in [-0.05, 0) is 38.5 Å². The highest BCUT2D eigenvalue weighted by Crippen LogP contribution is 2.18. The minimum Gasteiger partial charge on any atom is -0.478 e. The minimum absolute atomic E-state index is 0.126. The van der Waals surface area contributed by atoms with E-state index in [4.69, 9.17) is 5.11 Å². The second kappa shape index (κ2) is 6.04. The van der Waals surface area contributed by atoms with Crippen LogP contribution < -0.4 is 5.32 Å². The van der Waals surface area contributed by atoms with Crippen molar-refractivity contribution in [1.29, 1.82) is 0 Å². The van der Waals surface area contributed by atoms with E-state index in [1.54, 1.807) is 20.8 Å². The molecule has 0 unspecified atom stereocenters. The van der Waals surface area contributed by atoms with Gasteiger partial charge in [-0.15, -0.1) is 0 Å². The third-order valence-corrected chi connectivity index (χ3v) is 4.29. The van der Waals surface area contributed by atoms with Gasteiger partial charge < -0.3 is 10.4 Å². The molecule has 0 aliphatic heterocycles. The van der Waals surface area contributed by atoms with Crippen LogP contribution in [0.3, 0.4) is 0 Å². The number of hydrogen-bond donors (Lipinski definition) is 2. The average molecular weight is 299 g/mol. The molecule has 1 aromatic carbocycles. The van der Waals surface area contributed by atoms with E-state index < -0.39 is 27.5 Å². The maximum absolute atomic E-state index is 12.2. The zero-order valence-corrected chi connectivity index (χ0v) is 12.3. The highest BCUT2D eigenvalue weighted by atomic mass is 32.2. The van der Waals surface area contributed by atoms with Gasteiger partial charge in [0.25, 0.3) is 0 Å². The Morgan fingerprint density at radius 2 is 1.90 bits per heavy atom. The number of carbonyl (C=O) groups is 2. The lowest BCUT2D eigenvalue weighted by molar-refractivity contribution is -0.119. The number of rotatable bonds is 5. The van der Waals surface area contributed by atoms with E-state index in [1.807, 2.05) is 0 Å². The number of hydrogen-bond acceptors (Lipinski definition) is 4. The Labute approximate surface area is 117 Å². The van der Waals surface area contributed by atoms with E-state index in [1.165, 1.54) is 12.1 Å². The second-order valence-electron chi connectivity index (χ2n) is 4.77. The molecule has 0 aromatic heterocycles. The van der Waals surface area contributed by atoms with Gasteiger partial charge in [-0.3, -0.25) is 4.79 Å². The number of carboxylic acids is 1. The number of benzene rings is 1. The van der Waals surface area contributed by atoms with E-state index in [9.17, 15) is 18.0 Å². The molecule has 2 N–H and O–H groups in total. The molecule has 0 aliphatic carbocycles. The Balaban J connectivity index is 3.12. The standard InChI is InChI=1S/C13H17NO5S/c1-8(2)14-12(15)7-20(18,19)11-6-10(13(16)17)5-4-9(11)3/h4-6,8H,7H2,1-3H3,(H,14,15)(H,16,17). The molecule has 0 bridgehead atoms. The van der Waals surface area contributed by atoms with Crippen molar-refractivity contribution in [2.45, 2.75) is 31.7 Å². The Hall–Kier alpha value is -1.89. The molecule has 1 aromatic rings. The van der Waals surface area contributed by atoms with E-state index >= 15 is 0 Å². The van der Waals surface area contributed by atoms with Gasteiger partial charge in [-0.25, -0.2) is 13.2 Å². The maximum atomic E-state index is 12.2. The molecule has 0 radical (unpaired) electrons. The first-order chi connectivity index (χ1) is 9.13. The summed E-state index contributed by atoms with van der Waals surface area (Å²) in [4.78, 5) is 22.3. The first-order valence-corrected chi connectivity index (χ1v) is 7.65. The average Bonchev–Trinajstić information content (AvgIpc) is 2.26. The lowest BCUT2D eigenvalue weighted by atomic mass is 10.1. The second-order valence-corrected chi connectivity index (χ2v) is 6.72. The van der Waals surface area contributed by atoms with Gasteiger partial charge >= 0.3 is 5.97 Å². The number of carboxylic acid groups (broad SMARTS) is 1. The van der Waals surface area contributed by atoms with E-state index in [-0.39, 0.29) is 16.5 Å². The molecule has 0 heterocycles. The molecule has 0 saturated heterocycles. The van der Waals surface area contributed by atoms with Gasteiger partial charge in [0.05, 0.1) is 10.5 Å². The Morgan fingerprint density at radius 1 is 1.30 bits per heavy atom. The topological polar surface area (TPSA) is 101 Å². The van der Waals surface area contributed by atoms with Crippen LogP contribution in [0.2, 0.25) is 0 Å². The summed E-state index contributed by atoms with van der Waals surface area (Å²) in [5, 5.41) is 11.4. The van der Waals surface area contributed by atoms with Gasteiger partial charge in [0.2, 0.25) is 5.91 Å². The number of aromatic carboxylic acids is 1. The van der Waals surface area contributed by atoms with Crippen LogP contribution in [0, 0.1) is 6.92 Å². The summed E-state index contributed by atoms with van der Waals surface area (Å²) in [5.41, 5.74) is 0.283. The van der Waals surface area contributed by atoms with E-state index in [0.29, 0.717) is 5.56 Å². The predicted molar refractivity (Wildman–Crippen MR) is 73.5 cm³/mol. The summed E-state index contributed by atoms with van der Waals surface area (Å²) < 4.78 is 24.3. The van der Waals surface area contributed by atoms with Crippen molar-refractivity contribution in [3.05, 3.63) is 29.3 Å². The largest absolute Gasteiger partial charge is 0.478 e. The van der Waals surface area contributed by atoms with Crippen LogP contribution in [0.15, 0.2) is 23.1 Å². The van der Waals surface area contributed by atoms with Crippen molar-refractivity contribution >= 4 is 21.7 Å². The summed E-state index contributed by atoms with van der Waals surface area (Å²) in [6.45, 7) is 5.00. The molecule has 7 heteroatoms. The molecule has 0 atom stereocenters. The fourth-order valence-electron chi connectivity index (χ4n) is 1.68. The smallest absolute Gasteiger partial charge is 0.335 e. The molecule has 110 valence electrons. The van der Waals surface area contributed by atoms with E-state index in [2.05, 4.69) is 5.32 Å². The van der Waals surface area contributed by atoms with E-state index in [0.717, 1.165) is 6.07 Å². The SMILES string of the molecule is Cc1ccc(C(=O)O)cc1S(=O)(=O)CC(=O)NC(C)C. The molecule has 0 saturated carbocycles. The number of nitrogens with one attached hydrogen (secondary N) is 1. The first-order valence-electron chi connectivity index (χ1n) is 5.99. The monoisotopic (exact) mass is 299 g/mol. The van der Waals surface area contributed by atoms with Crippen LogP contribution in [-0.4, -0.2) is 37.2 Å². The van der Waals surface area contributed by atoms with Crippen LogP contribution in [0.25, 0.3) is 0 Å². The van der Waals surface area contributed by atoms with Crippen molar-refractivity contribution in [3.63, 3.8) is 0 Å². The van der Waals surface area contributed by atoms with Gasteiger partial charge in [0.1, 0.15) is 5.75 Å². The Morgan fingerprint density at radius 3 is 2.40 bits per heavy atom. The Bertz CT molecular complexity index is 634. The number of aryl methyl sites for hydroxylation is 1. The number of carbonyl (C=O) groups excluding carboxylic acids is 1. The van der Waals surface area contributed by atoms with Crippen LogP contribution in [0.5, 0.6) is 0 Å². The zero-order valence-electron chi connectivity index (χ0n) is 11.5. The summed E-state index contributed by atoms with van der Waals surface area (Å²) in [5.74, 6) is -2.53.